The van der Waals surface area contributed by atoms with Crippen LogP contribution >= 0.6 is 11.6 Å². The molecule has 0 amide bonds. The van der Waals surface area contributed by atoms with E-state index in [1.807, 2.05) is 0 Å². The van der Waals surface area contributed by atoms with Gasteiger partial charge in [-0.05, 0) is 30.7 Å². The minimum absolute atomic E-state index is 0.341. The number of halogens is 1. The highest BCUT2D eigenvalue weighted by molar-refractivity contribution is 6.33. The first-order valence-electron chi connectivity index (χ1n) is 4.77. The van der Waals surface area contributed by atoms with Crippen molar-refractivity contribution in [1.82, 2.24) is 0 Å². The number of aldehydes is 1. The first-order chi connectivity index (χ1) is 7.67. The summed E-state index contributed by atoms with van der Waals surface area (Å²) in [4.78, 5) is 21.5. The molecule has 0 N–H and O–H groups in total. The molecule has 84 valence electrons. The molecule has 0 unspecified atom stereocenters. The number of carbonyl (C=O) groups excluding carboxylic acids is 2. The summed E-state index contributed by atoms with van der Waals surface area (Å²) in [5.74, 6) is -0.405. The molecule has 0 saturated carbocycles. The molecule has 0 fully saturated rings. The van der Waals surface area contributed by atoms with Gasteiger partial charge in [0.15, 0.2) is 6.29 Å². The van der Waals surface area contributed by atoms with Crippen LogP contribution in [0.25, 0.3) is 6.08 Å². The first-order valence-corrected chi connectivity index (χ1v) is 5.14. The highest BCUT2D eigenvalue weighted by atomic mass is 35.5. The van der Waals surface area contributed by atoms with Gasteiger partial charge in [0, 0.05) is 11.6 Å². The maximum absolute atomic E-state index is 11.0. The van der Waals surface area contributed by atoms with Crippen molar-refractivity contribution in [2.24, 2.45) is 0 Å². The van der Waals surface area contributed by atoms with Crippen LogP contribution in [0.1, 0.15) is 22.8 Å². The van der Waals surface area contributed by atoms with Crippen molar-refractivity contribution >= 4 is 29.9 Å². The van der Waals surface area contributed by atoms with E-state index in [2.05, 4.69) is 0 Å². The fourth-order valence-electron chi connectivity index (χ4n) is 1.10. The lowest BCUT2D eigenvalue weighted by atomic mass is 10.1. The van der Waals surface area contributed by atoms with E-state index >= 15 is 0 Å². The molecule has 0 heterocycles. The van der Waals surface area contributed by atoms with Crippen LogP contribution in [-0.2, 0) is 9.53 Å². The second kappa shape index (κ2) is 6.08. The smallest absolute Gasteiger partial charge is 0.330 e. The summed E-state index contributed by atoms with van der Waals surface area (Å²) >= 11 is 5.82. The minimum Gasteiger partial charge on any atom is -0.463 e. The van der Waals surface area contributed by atoms with E-state index in [9.17, 15) is 9.59 Å². The molecule has 0 aliphatic heterocycles. The van der Waals surface area contributed by atoms with Gasteiger partial charge in [0.05, 0.1) is 11.6 Å². The predicted octanol–water partition coefficient (Wildman–Crippen LogP) is 2.73. The fraction of sp³-hybridized carbons (Fsp3) is 0.167. The number of hydrogen-bond donors (Lipinski definition) is 0. The summed E-state index contributed by atoms with van der Waals surface area (Å²) in [5.41, 5.74) is 1.17. The van der Waals surface area contributed by atoms with Gasteiger partial charge in [-0.1, -0.05) is 17.7 Å². The Balaban J connectivity index is 2.78. The van der Waals surface area contributed by atoms with Crippen molar-refractivity contribution in [3.63, 3.8) is 0 Å². The molecule has 0 spiro atoms. The molecule has 0 bridgehead atoms. The van der Waals surface area contributed by atoms with Crippen molar-refractivity contribution in [2.45, 2.75) is 6.92 Å². The van der Waals surface area contributed by atoms with Crippen LogP contribution in [0.5, 0.6) is 0 Å². The molecule has 0 aliphatic carbocycles. The third kappa shape index (κ3) is 3.51. The number of rotatable bonds is 4. The van der Waals surface area contributed by atoms with Gasteiger partial charge in [0.25, 0.3) is 0 Å². The summed E-state index contributed by atoms with van der Waals surface area (Å²) in [6.07, 6.45) is 3.58. The van der Waals surface area contributed by atoms with Crippen molar-refractivity contribution in [2.75, 3.05) is 6.61 Å². The Labute approximate surface area is 98.7 Å². The van der Waals surface area contributed by atoms with E-state index in [0.717, 1.165) is 5.56 Å². The molecule has 0 radical (unpaired) electrons. The Morgan fingerprint density at radius 3 is 2.81 bits per heavy atom. The molecule has 1 aromatic carbocycles. The van der Waals surface area contributed by atoms with Crippen LogP contribution in [0.15, 0.2) is 24.3 Å². The summed E-state index contributed by atoms with van der Waals surface area (Å²) in [6.45, 7) is 2.08. The molecule has 0 atom stereocenters. The normalized spacial score (nSPS) is 10.4. The summed E-state index contributed by atoms with van der Waals surface area (Å²) in [7, 11) is 0. The largest absolute Gasteiger partial charge is 0.463 e. The van der Waals surface area contributed by atoms with Crippen LogP contribution < -0.4 is 0 Å². The van der Waals surface area contributed by atoms with E-state index < -0.39 is 5.97 Å². The standard InChI is InChI=1S/C12H11ClO3/c1-2-16-12(15)6-4-9-3-5-10(8-14)11(13)7-9/h3-8H,2H2,1H3. The molecule has 1 aromatic rings. The number of benzene rings is 1. The SMILES string of the molecule is CCOC(=O)C=Cc1ccc(C=O)c(Cl)c1. The van der Waals surface area contributed by atoms with E-state index in [0.29, 0.717) is 23.5 Å². The molecule has 0 aliphatic rings. The van der Waals surface area contributed by atoms with E-state index in [4.69, 9.17) is 16.3 Å². The number of ether oxygens (including phenoxy) is 1. The fourth-order valence-corrected chi connectivity index (χ4v) is 1.33. The van der Waals surface area contributed by atoms with Gasteiger partial charge < -0.3 is 4.74 Å². The minimum atomic E-state index is -0.405. The van der Waals surface area contributed by atoms with Gasteiger partial charge >= 0.3 is 5.97 Å². The second-order valence-electron chi connectivity index (χ2n) is 2.98. The average molecular weight is 239 g/mol. The van der Waals surface area contributed by atoms with Crippen molar-refractivity contribution in [3.8, 4) is 0 Å². The second-order valence-corrected chi connectivity index (χ2v) is 3.39. The third-order valence-corrected chi connectivity index (χ3v) is 2.18. The maximum atomic E-state index is 11.0. The Hall–Kier alpha value is -1.61. The molecule has 3 nitrogen and oxygen atoms in total. The molecular weight excluding hydrogens is 228 g/mol. The third-order valence-electron chi connectivity index (χ3n) is 1.85. The molecule has 1 rings (SSSR count). The van der Waals surface area contributed by atoms with E-state index in [1.165, 1.54) is 6.08 Å². The number of esters is 1. The number of carbonyl (C=O) groups is 2. The summed E-state index contributed by atoms with van der Waals surface area (Å²) in [5, 5.41) is 0.362. The zero-order valence-corrected chi connectivity index (χ0v) is 9.53. The van der Waals surface area contributed by atoms with Crippen molar-refractivity contribution < 1.29 is 14.3 Å². The predicted molar refractivity (Wildman–Crippen MR) is 62.5 cm³/mol. The van der Waals surface area contributed by atoms with Gasteiger partial charge in [-0.2, -0.15) is 0 Å². The topological polar surface area (TPSA) is 43.4 Å². The van der Waals surface area contributed by atoms with Gasteiger partial charge in [-0.3, -0.25) is 4.79 Å². The van der Waals surface area contributed by atoms with Crippen LogP contribution in [0, 0.1) is 0 Å². The van der Waals surface area contributed by atoms with Crippen LogP contribution in [0.3, 0.4) is 0 Å². The van der Waals surface area contributed by atoms with Crippen molar-refractivity contribution in [3.05, 3.63) is 40.4 Å². The Kier molecular flexibility index (Phi) is 4.73. The highest BCUT2D eigenvalue weighted by Crippen LogP contribution is 2.17. The van der Waals surface area contributed by atoms with Gasteiger partial charge in [-0.15, -0.1) is 0 Å². The average Bonchev–Trinajstić information content (AvgIpc) is 2.27. The van der Waals surface area contributed by atoms with Crippen LogP contribution in [0.4, 0.5) is 0 Å². The lowest BCUT2D eigenvalue weighted by molar-refractivity contribution is -0.137. The zero-order valence-electron chi connectivity index (χ0n) is 8.77. The van der Waals surface area contributed by atoms with E-state index in [1.54, 1.807) is 31.2 Å². The molecular formula is C12H11ClO3. The lowest BCUT2D eigenvalue weighted by Crippen LogP contribution is -1.98. The monoisotopic (exact) mass is 238 g/mol. The van der Waals surface area contributed by atoms with Gasteiger partial charge in [-0.25, -0.2) is 4.79 Å². The molecule has 4 heteroatoms. The maximum Gasteiger partial charge on any atom is 0.330 e. The van der Waals surface area contributed by atoms with Gasteiger partial charge in [0.1, 0.15) is 0 Å². The Morgan fingerprint density at radius 1 is 1.50 bits per heavy atom. The zero-order chi connectivity index (χ0) is 12.0. The van der Waals surface area contributed by atoms with Gasteiger partial charge in [0.2, 0.25) is 0 Å². The Morgan fingerprint density at radius 2 is 2.25 bits per heavy atom. The quantitative estimate of drug-likeness (QED) is 0.460. The molecule has 0 saturated heterocycles. The van der Waals surface area contributed by atoms with Crippen molar-refractivity contribution in [1.29, 1.82) is 0 Å². The van der Waals surface area contributed by atoms with Crippen LogP contribution in [-0.4, -0.2) is 18.9 Å². The molecule has 16 heavy (non-hydrogen) atoms. The van der Waals surface area contributed by atoms with E-state index in [-0.39, 0.29) is 0 Å². The van der Waals surface area contributed by atoms with Crippen LogP contribution in [0.2, 0.25) is 5.02 Å². The first kappa shape index (κ1) is 12.5. The lowest BCUT2D eigenvalue weighted by Gasteiger charge is -1.98. The highest BCUT2D eigenvalue weighted by Gasteiger charge is 1.99. The summed E-state index contributed by atoms with van der Waals surface area (Å²) in [6, 6.07) is 4.91. The Bertz CT molecular complexity index is 424. The molecule has 0 aromatic heterocycles. The summed E-state index contributed by atoms with van der Waals surface area (Å²) < 4.78 is 4.72. The number of hydrogen-bond acceptors (Lipinski definition) is 3.